The molecule has 0 saturated heterocycles. The summed E-state index contributed by atoms with van der Waals surface area (Å²) in [6, 6.07) is 0. The lowest BCUT2D eigenvalue weighted by Gasteiger charge is -2.35. The average molecular weight is 283 g/mol. The maximum absolute atomic E-state index is 11.5. The van der Waals surface area contributed by atoms with Gasteiger partial charge in [0.15, 0.2) is 5.88 Å². The van der Waals surface area contributed by atoms with Crippen molar-refractivity contribution in [1.82, 2.24) is 5.32 Å². The molecular formula is C16H29NO3. The summed E-state index contributed by atoms with van der Waals surface area (Å²) >= 11 is 0. The Bertz CT molecular complexity index is 364. The molecule has 1 rings (SSSR count). The first-order valence-corrected chi connectivity index (χ1v) is 7.40. The molecule has 0 aromatic rings. The number of nitrogens with one attached hydrogen (secondary N) is 1. The second-order valence-electron chi connectivity index (χ2n) is 7.40. The van der Waals surface area contributed by atoms with E-state index in [0.29, 0.717) is 12.3 Å². The Morgan fingerprint density at radius 2 is 1.90 bits per heavy atom. The summed E-state index contributed by atoms with van der Waals surface area (Å²) in [4.78, 5) is 11.5. The average Bonchev–Trinajstić information content (AvgIpc) is 2.95. The van der Waals surface area contributed by atoms with Gasteiger partial charge in [-0.3, -0.25) is 4.79 Å². The molecule has 0 aliphatic heterocycles. The van der Waals surface area contributed by atoms with Gasteiger partial charge in [-0.15, -0.1) is 0 Å². The Hall–Kier alpha value is -1.19. The monoisotopic (exact) mass is 283 g/mol. The predicted octanol–water partition coefficient (Wildman–Crippen LogP) is 3.53. The highest BCUT2D eigenvalue weighted by Crippen LogP contribution is 2.36. The third-order valence-corrected chi connectivity index (χ3v) is 3.62. The Kier molecular flexibility index (Phi) is 5.11. The van der Waals surface area contributed by atoms with Gasteiger partial charge in [0.2, 0.25) is 0 Å². The molecule has 116 valence electrons. The van der Waals surface area contributed by atoms with E-state index in [1.54, 1.807) is 0 Å². The number of carbonyl (C=O) groups is 1. The van der Waals surface area contributed by atoms with Crippen LogP contribution in [0.3, 0.4) is 0 Å². The zero-order valence-electron chi connectivity index (χ0n) is 13.5. The third-order valence-electron chi connectivity index (χ3n) is 3.62. The van der Waals surface area contributed by atoms with E-state index in [4.69, 9.17) is 4.74 Å². The summed E-state index contributed by atoms with van der Waals surface area (Å²) in [5, 5.41) is 12.6. The fourth-order valence-electron chi connectivity index (χ4n) is 2.44. The van der Waals surface area contributed by atoms with Gasteiger partial charge in [0.1, 0.15) is 5.60 Å². The maximum atomic E-state index is 11.5. The molecule has 0 aromatic heterocycles. The zero-order valence-corrected chi connectivity index (χ0v) is 13.5. The Labute approximate surface area is 122 Å². The molecule has 0 bridgehead atoms. The van der Waals surface area contributed by atoms with Crippen molar-refractivity contribution in [2.24, 2.45) is 11.8 Å². The summed E-state index contributed by atoms with van der Waals surface area (Å²) in [7, 11) is 0. The van der Waals surface area contributed by atoms with Gasteiger partial charge in [0, 0.05) is 5.54 Å². The number of hydrogen-bond donors (Lipinski definition) is 2. The molecule has 1 saturated carbocycles. The summed E-state index contributed by atoms with van der Waals surface area (Å²) < 4.78 is 5.64. The molecule has 1 fully saturated rings. The Morgan fingerprint density at radius 3 is 2.30 bits per heavy atom. The summed E-state index contributed by atoms with van der Waals surface area (Å²) in [6.07, 6.45) is 4.19. The van der Waals surface area contributed by atoms with Crippen molar-refractivity contribution < 1.29 is 14.6 Å². The quantitative estimate of drug-likeness (QED) is 0.669. The van der Waals surface area contributed by atoms with E-state index in [1.165, 1.54) is 12.8 Å². The van der Waals surface area contributed by atoms with Crippen LogP contribution in [0.5, 0.6) is 0 Å². The van der Waals surface area contributed by atoms with Gasteiger partial charge in [-0.05, 0) is 60.0 Å². The van der Waals surface area contributed by atoms with Crippen LogP contribution in [-0.4, -0.2) is 22.2 Å². The van der Waals surface area contributed by atoms with Crippen LogP contribution in [-0.2, 0) is 9.53 Å². The van der Waals surface area contributed by atoms with E-state index in [1.807, 2.05) is 34.6 Å². The van der Waals surface area contributed by atoms with E-state index >= 15 is 0 Å². The standard InChI is InChI=1S/C16H29NO3/c1-11(20-15(2,3)4)17-16(5,6)13(14(18)19)10-9-12-7-8-12/h12-13,17H,1,7-10H2,2-6H3,(H,18,19). The third kappa shape index (κ3) is 5.85. The summed E-state index contributed by atoms with van der Waals surface area (Å²) in [5.74, 6) is -0.0306. The molecule has 0 radical (unpaired) electrons. The molecule has 20 heavy (non-hydrogen) atoms. The highest BCUT2D eigenvalue weighted by molar-refractivity contribution is 5.71. The van der Waals surface area contributed by atoms with Crippen LogP contribution in [0, 0.1) is 11.8 Å². The molecule has 0 spiro atoms. The number of ether oxygens (including phenoxy) is 1. The Balaban J connectivity index is 2.60. The lowest BCUT2D eigenvalue weighted by atomic mass is 9.83. The second-order valence-corrected chi connectivity index (χ2v) is 7.40. The number of aliphatic carboxylic acids is 1. The van der Waals surface area contributed by atoms with Gasteiger partial charge in [0.25, 0.3) is 0 Å². The first kappa shape index (κ1) is 16.9. The Morgan fingerprint density at radius 1 is 1.35 bits per heavy atom. The highest BCUT2D eigenvalue weighted by Gasteiger charge is 2.37. The smallest absolute Gasteiger partial charge is 0.308 e. The van der Waals surface area contributed by atoms with Crippen molar-refractivity contribution in [2.75, 3.05) is 0 Å². The molecule has 1 unspecified atom stereocenters. The van der Waals surface area contributed by atoms with Gasteiger partial charge in [0.05, 0.1) is 5.92 Å². The van der Waals surface area contributed by atoms with Gasteiger partial charge in [-0.2, -0.15) is 0 Å². The van der Waals surface area contributed by atoms with E-state index in [0.717, 1.165) is 12.3 Å². The largest absolute Gasteiger partial charge is 0.481 e. The minimum atomic E-state index is -0.758. The maximum Gasteiger partial charge on any atom is 0.308 e. The fraction of sp³-hybridized carbons (Fsp3) is 0.812. The van der Waals surface area contributed by atoms with Crippen LogP contribution < -0.4 is 5.32 Å². The molecule has 1 aliphatic carbocycles. The van der Waals surface area contributed by atoms with Crippen LogP contribution in [0.2, 0.25) is 0 Å². The number of hydrogen-bond acceptors (Lipinski definition) is 3. The van der Waals surface area contributed by atoms with Crippen LogP contribution in [0.1, 0.15) is 60.3 Å². The molecule has 0 amide bonds. The van der Waals surface area contributed by atoms with Crippen LogP contribution in [0.15, 0.2) is 12.5 Å². The molecule has 0 heterocycles. The van der Waals surface area contributed by atoms with Gasteiger partial charge < -0.3 is 15.2 Å². The van der Waals surface area contributed by atoms with E-state index < -0.39 is 17.4 Å². The molecule has 1 atom stereocenters. The van der Waals surface area contributed by atoms with Gasteiger partial charge in [-0.25, -0.2) is 0 Å². The minimum absolute atomic E-state index is 0.340. The lowest BCUT2D eigenvalue weighted by molar-refractivity contribution is -0.144. The van der Waals surface area contributed by atoms with E-state index in [2.05, 4.69) is 11.9 Å². The van der Waals surface area contributed by atoms with Crippen LogP contribution in [0.25, 0.3) is 0 Å². The first-order valence-electron chi connectivity index (χ1n) is 7.40. The second kappa shape index (κ2) is 6.06. The van der Waals surface area contributed by atoms with Crippen molar-refractivity contribution in [2.45, 2.75) is 71.4 Å². The number of rotatable bonds is 8. The molecule has 2 N–H and O–H groups in total. The van der Waals surface area contributed by atoms with E-state index in [-0.39, 0.29) is 5.60 Å². The fourth-order valence-corrected chi connectivity index (χ4v) is 2.44. The molecular weight excluding hydrogens is 254 g/mol. The van der Waals surface area contributed by atoms with Crippen molar-refractivity contribution in [3.8, 4) is 0 Å². The van der Waals surface area contributed by atoms with Crippen molar-refractivity contribution in [3.05, 3.63) is 12.5 Å². The van der Waals surface area contributed by atoms with Crippen molar-refractivity contribution in [1.29, 1.82) is 0 Å². The van der Waals surface area contributed by atoms with Gasteiger partial charge >= 0.3 is 5.97 Å². The number of carboxylic acids is 1. The molecule has 1 aliphatic rings. The number of carboxylic acid groups (broad SMARTS) is 1. The van der Waals surface area contributed by atoms with Crippen molar-refractivity contribution >= 4 is 5.97 Å². The summed E-state index contributed by atoms with van der Waals surface area (Å²) in [5.41, 5.74) is -0.921. The van der Waals surface area contributed by atoms with Crippen LogP contribution >= 0.6 is 0 Å². The topological polar surface area (TPSA) is 58.6 Å². The SMILES string of the molecule is C=C(NC(C)(C)C(CCC1CC1)C(=O)O)OC(C)(C)C. The summed E-state index contributed by atoms with van der Waals surface area (Å²) in [6.45, 7) is 13.5. The molecule has 0 aromatic carbocycles. The highest BCUT2D eigenvalue weighted by atomic mass is 16.5. The zero-order chi connectivity index (χ0) is 15.6. The molecule has 4 heteroatoms. The lowest BCUT2D eigenvalue weighted by Crippen LogP contribution is -2.49. The molecule has 4 nitrogen and oxygen atoms in total. The first-order chi connectivity index (χ1) is 9.01. The van der Waals surface area contributed by atoms with Crippen molar-refractivity contribution in [3.63, 3.8) is 0 Å². The minimum Gasteiger partial charge on any atom is -0.481 e. The van der Waals surface area contributed by atoms with Crippen LogP contribution in [0.4, 0.5) is 0 Å². The predicted molar refractivity (Wildman–Crippen MR) is 80.3 cm³/mol. The normalized spacial score (nSPS) is 17.4. The van der Waals surface area contributed by atoms with Gasteiger partial charge in [-0.1, -0.05) is 12.8 Å². The van der Waals surface area contributed by atoms with E-state index in [9.17, 15) is 9.90 Å².